The average molecular weight is 280 g/mol. The Morgan fingerprint density at radius 1 is 1.29 bits per heavy atom. The van der Waals surface area contributed by atoms with Crippen LogP contribution in [0, 0.1) is 26.7 Å². The molecule has 1 aliphatic rings. The minimum absolute atomic E-state index is 0. The molecule has 1 aliphatic heterocycles. The van der Waals surface area contributed by atoms with Crippen LogP contribution in [-0.4, -0.2) is 22.6 Å². The van der Waals surface area contributed by atoms with E-state index in [1.165, 1.54) is 30.8 Å². The minimum atomic E-state index is 0. The Labute approximate surface area is 116 Å². The quantitative estimate of drug-likeness (QED) is 0.902. The zero-order valence-electron chi connectivity index (χ0n) is 10.8. The van der Waals surface area contributed by atoms with Crippen LogP contribution >= 0.6 is 24.8 Å². The number of nitrogens with one attached hydrogen (secondary N) is 1. The van der Waals surface area contributed by atoms with Gasteiger partial charge < -0.3 is 9.88 Å². The molecule has 100 valence electrons. The summed E-state index contributed by atoms with van der Waals surface area (Å²) in [6, 6.07) is 0. The summed E-state index contributed by atoms with van der Waals surface area (Å²) in [5, 5.41) is 3.47. The van der Waals surface area contributed by atoms with Crippen molar-refractivity contribution in [3.63, 3.8) is 0 Å². The fraction of sp³-hybridized carbons (Fsp3) is 0.750. The van der Waals surface area contributed by atoms with Gasteiger partial charge in [-0.25, -0.2) is 4.98 Å². The number of rotatable bonds is 2. The molecule has 1 atom stereocenters. The van der Waals surface area contributed by atoms with Crippen molar-refractivity contribution in [2.45, 2.75) is 40.2 Å². The van der Waals surface area contributed by atoms with Crippen LogP contribution in [0.15, 0.2) is 0 Å². The molecule has 0 aromatic carbocycles. The number of halogens is 2. The summed E-state index contributed by atoms with van der Waals surface area (Å²) < 4.78 is 2.37. The van der Waals surface area contributed by atoms with E-state index in [0.717, 1.165) is 24.8 Å². The lowest BCUT2D eigenvalue weighted by molar-refractivity contribution is 0.333. The standard InChI is InChI=1S/C12H21N3.2ClH/c1-9-10(2)15(11(3)14-9)8-12-5-4-6-13-7-12;;/h12-13H,4-8H2,1-3H3;2*1H/t12-;;/m0../s1. The van der Waals surface area contributed by atoms with E-state index >= 15 is 0 Å². The monoisotopic (exact) mass is 279 g/mol. The minimum Gasteiger partial charge on any atom is -0.332 e. The second-order valence-corrected chi connectivity index (χ2v) is 4.65. The van der Waals surface area contributed by atoms with Crippen LogP contribution in [-0.2, 0) is 6.54 Å². The van der Waals surface area contributed by atoms with Gasteiger partial charge in [-0.15, -0.1) is 24.8 Å². The Balaban J connectivity index is 0.00000128. The molecule has 0 radical (unpaired) electrons. The number of piperidine rings is 1. The van der Waals surface area contributed by atoms with E-state index < -0.39 is 0 Å². The van der Waals surface area contributed by atoms with E-state index in [0.29, 0.717) is 0 Å². The maximum atomic E-state index is 4.52. The Morgan fingerprint density at radius 3 is 2.47 bits per heavy atom. The van der Waals surface area contributed by atoms with Gasteiger partial charge in [0.05, 0.1) is 5.69 Å². The first-order valence-corrected chi connectivity index (χ1v) is 5.89. The maximum absolute atomic E-state index is 4.52. The number of nitrogens with zero attached hydrogens (tertiary/aromatic N) is 2. The van der Waals surface area contributed by atoms with Crippen LogP contribution in [0.1, 0.15) is 30.1 Å². The summed E-state index contributed by atoms with van der Waals surface area (Å²) in [7, 11) is 0. The van der Waals surface area contributed by atoms with Gasteiger partial charge in [0.25, 0.3) is 0 Å². The smallest absolute Gasteiger partial charge is 0.106 e. The van der Waals surface area contributed by atoms with Gasteiger partial charge in [-0.05, 0) is 52.6 Å². The first kappa shape index (κ1) is 16.8. The highest BCUT2D eigenvalue weighted by molar-refractivity contribution is 5.85. The molecule has 0 saturated carbocycles. The first-order valence-electron chi connectivity index (χ1n) is 5.89. The molecule has 17 heavy (non-hydrogen) atoms. The SMILES string of the molecule is Cc1nc(C)n(C[C@H]2CCCNC2)c1C.Cl.Cl. The average Bonchev–Trinajstić information content (AvgIpc) is 2.47. The zero-order chi connectivity index (χ0) is 10.8. The summed E-state index contributed by atoms with van der Waals surface area (Å²) in [4.78, 5) is 4.52. The van der Waals surface area contributed by atoms with E-state index in [2.05, 4.69) is 35.6 Å². The molecule has 0 unspecified atom stereocenters. The van der Waals surface area contributed by atoms with Crippen molar-refractivity contribution < 1.29 is 0 Å². The van der Waals surface area contributed by atoms with Crippen molar-refractivity contribution in [2.75, 3.05) is 13.1 Å². The molecule has 2 rings (SSSR count). The van der Waals surface area contributed by atoms with Crippen molar-refractivity contribution in [2.24, 2.45) is 5.92 Å². The molecule has 0 bridgehead atoms. The Bertz CT molecular complexity index is 344. The van der Waals surface area contributed by atoms with E-state index in [1.54, 1.807) is 0 Å². The summed E-state index contributed by atoms with van der Waals surface area (Å²) in [5.74, 6) is 1.94. The van der Waals surface area contributed by atoms with Crippen LogP contribution in [0.5, 0.6) is 0 Å². The second-order valence-electron chi connectivity index (χ2n) is 4.65. The molecule has 0 aliphatic carbocycles. The fourth-order valence-electron chi connectivity index (χ4n) is 2.43. The molecule has 5 heteroatoms. The van der Waals surface area contributed by atoms with Crippen molar-refractivity contribution in [1.29, 1.82) is 0 Å². The third kappa shape index (κ3) is 3.87. The van der Waals surface area contributed by atoms with Gasteiger partial charge in [-0.3, -0.25) is 0 Å². The van der Waals surface area contributed by atoms with E-state index in [9.17, 15) is 0 Å². The van der Waals surface area contributed by atoms with E-state index in [-0.39, 0.29) is 24.8 Å². The highest BCUT2D eigenvalue weighted by Crippen LogP contribution is 2.16. The van der Waals surface area contributed by atoms with Crippen LogP contribution in [0.25, 0.3) is 0 Å². The lowest BCUT2D eigenvalue weighted by atomic mass is 9.99. The fourth-order valence-corrected chi connectivity index (χ4v) is 2.43. The van der Waals surface area contributed by atoms with E-state index in [1.807, 2.05) is 0 Å². The van der Waals surface area contributed by atoms with Crippen molar-refractivity contribution >= 4 is 24.8 Å². The molecule has 1 aromatic rings. The highest BCUT2D eigenvalue weighted by atomic mass is 35.5. The Hall–Kier alpha value is -0.250. The number of hydrogen-bond acceptors (Lipinski definition) is 2. The lowest BCUT2D eigenvalue weighted by Crippen LogP contribution is -2.32. The van der Waals surface area contributed by atoms with Crippen molar-refractivity contribution in [1.82, 2.24) is 14.9 Å². The Kier molecular flexibility index (Phi) is 7.14. The zero-order valence-corrected chi connectivity index (χ0v) is 12.5. The molecule has 1 aromatic heterocycles. The predicted octanol–water partition coefficient (Wildman–Crippen LogP) is 2.65. The Morgan fingerprint density at radius 2 is 2.00 bits per heavy atom. The van der Waals surface area contributed by atoms with Gasteiger partial charge in [-0.2, -0.15) is 0 Å². The van der Waals surface area contributed by atoms with Crippen molar-refractivity contribution in [3.05, 3.63) is 17.2 Å². The molecule has 0 amide bonds. The van der Waals surface area contributed by atoms with Gasteiger partial charge in [0.2, 0.25) is 0 Å². The van der Waals surface area contributed by atoms with Gasteiger partial charge in [0, 0.05) is 12.2 Å². The summed E-state index contributed by atoms with van der Waals surface area (Å²) in [6.07, 6.45) is 2.67. The molecular weight excluding hydrogens is 257 g/mol. The van der Waals surface area contributed by atoms with Gasteiger partial charge in [0.15, 0.2) is 0 Å². The van der Waals surface area contributed by atoms with Crippen LogP contribution in [0.4, 0.5) is 0 Å². The molecule has 3 nitrogen and oxygen atoms in total. The third-order valence-corrected chi connectivity index (χ3v) is 3.49. The molecule has 1 fully saturated rings. The van der Waals surface area contributed by atoms with Gasteiger partial charge >= 0.3 is 0 Å². The third-order valence-electron chi connectivity index (χ3n) is 3.49. The van der Waals surface area contributed by atoms with Gasteiger partial charge in [-0.1, -0.05) is 0 Å². The molecule has 0 spiro atoms. The molecule has 2 heterocycles. The number of aromatic nitrogens is 2. The molecular formula is C12H23Cl2N3. The number of imidazole rings is 1. The van der Waals surface area contributed by atoms with E-state index in [4.69, 9.17) is 0 Å². The van der Waals surface area contributed by atoms with Crippen LogP contribution in [0.3, 0.4) is 0 Å². The summed E-state index contributed by atoms with van der Waals surface area (Å²) >= 11 is 0. The lowest BCUT2D eigenvalue weighted by Gasteiger charge is -2.24. The van der Waals surface area contributed by atoms with Gasteiger partial charge in [0.1, 0.15) is 5.82 Å². The molecule has 1 N–H and O–H groups in total. The van der Waals surface area contributed by atoms with Crippen molar-refractivity contribution in [3.8, 4) is 0 Å². The number of hydrogen-bond donors (Lipinski definition) is 1. The summed E-state index contributed by atoms with van der Waals surface area (Å²) in [5.41, 5.74) is 2.51. The first-order chi connectivity index (χ1) is 7.18. The number of aryl methyl sites for hydroxylation is 2. The predicted molar refractivity (Wildman–Crippen MR) is 76.5 cm³/mol. The maximum Gasteiger partial charge on any atom is 0.106 e. The highest BCUT2D eigenvalue weighted by Gasteiger charge is 2.16. The normalized spacial score (nSPS) is 19.4. The largest absolute Gasteiger partial charge is 0.332 e. The summed E-state index contributed by atoms with van der Waals surface area (Å²) in [6.45, 7) is 9.86. The van der Waals surface area contributed by atoms with Crippen LogP contribution in [0.2, 0.25) is 0 Å². The second kappa shape index (κ2) is 7.24. The topological polar surface area (TPSA) is 29.9 Å². The van der Waals surface area contributed by atoms with Crippen LogP contribution < -0.4 is 5.32 Å². The molecule has 1 saturated heterocycles.